The second-order valence-electron chi connectivity index (χ2n) is 4.81. The predicted octanol–water partition coefficient (Wildman–Crippen LogP) is -1.38. The Labute approximate surface area is 119 Å². The summed E-state index contributed by atoms with van der Waals surface area (Å²) in [5, 5.41) is 55.6. The van der Waals surface area contributed by atoms with Gasteiger partial charge in [-0.25, -0.2) is 0 Å². The molecule has 0 aliphatic rings. The van der Waals surface area contributed by atoms with E-state index >= 15 is 0 Å². The van der Waals surface area contributed by atoms with Gasteiger partial charge in [0.15, 0.2) is 0 Å². The molecule has 0 heterocycles. The molecule has 0 fully saturated rings. The van der Waals surface area contributed by atoms with Crippen LogP contribution in [0.1, 0.15) is 32.1 Å². The largest absolute Gasteiger partial charge is 0.396 e. The first kappa shape index (κ1) is 19.3. The van der Waals surface area contributed by atoms with E-state index < -0.39 is 24.2 Å². The minimum Gasteiger partial charge on any atom is -0.396 e. The van der Waals surface area contributed by atoms with Gasteiger partial charge in [0.25, 0.3) is 0 Å². The highest BCUT2D eigenvalue weighted by Gasteiger charge is 2.24. The first-order chi connectivity index (χ1) is 9.56. The monoisotopic (exact) mass is 290 g/mol. The van der Waals surface area contributed by atoms with Gasteiger partial charge in [0.1, 0.15) is 12.7 Å². The second kappa shape index (κ2) is 12.1. The van der Waals surface area contributed by atoms with Crippen molar-refractivity contribution in [2.45, 2.75) is 50.4 Å². The predicted molar refractivity (Wildman–Crippen MR) is 73.6 cm³/mol. The van der Waals surface area contributed by atoms with Gasteiger partial charge in [-0.1, -0.05) is 24.7 Å². The van der Waals surface area contributed by atoms with Gasteiger partial charge in [0.05, 0.1) is 12.2 Å². The fourth-order valence-corrected chi connectivity index (χ4v) is 1.87. The molecule has 0 spiro atoms. The molecule has 20 heavy (non-hydrogen) atoms. The van der Waals surface area contributed by atoms with E-state index in [-0.39, 0.29) is 26.2 Å². The van der Waals surface area contributed by atoms with Crippen molar-refractivity contribution in [3.63, 3.8) is 0 Å². The van der Waals surface area contributed by atoms with Crippen molar-refractivity contribution in [3.05, 3.63) is 0 Å². The van der Waals surface area contributed by atoms with Crippen LogP contribution in [0.5, 0.6) is 0 Å². The van der Waals surface area contributed by atoms with E-state index in [0.717, 1.165) is 6.42 Å². The Kier molecular flexibility index (Phi) is 11.7. The third kappa shape index (κ3) is 8.48. The second-order valence-corrected chi connectivity index (χ2v) is 4.81. The van der Waals surface area contributed by atoms with Gasteiger partial charge in [-0.3, -0.25) is 0 Å². The molecule has 0 aromatic rings. The maximum atomic E-state index is 9.83. The van der Waals surface area contributed by atoms with Crippen LogP contribution in [0.2, 0.25) is 0 Å². The Morgan fingerprint density at radius 1 is 0.850 bits per heavy atom. The molecule has 4 atom stereocenters. The van der Waals surface area contributed by atoms with Crippen LogP contribution in [-0.2, 0) is 0 Å². The molecule has 0 aromatic carbocycles. The Bertz CT molecular complexity index is 285. The molecular formula is C14H26O6. The Hall–Kier alpha value is -0.680. The van der Waals surface area contributed by atoms with Crippen molar-refractivity contribution in [3.8, 4) is 11.8 Å². The summed E-state index contributed by atoms with van der Waals surface area (Å²) < 4.78 is 0. The molecule has 0 bridgehead atoms. The molecule has 6 heteroatoms. The lowest BCUT2D eigenvalue weighted by Crippen LogP contribution is -2.33. The molecule has 118 valence electrons. The summed E-state index contributed by atoms with van der Waals surface area (Å²) in [6, 6.07) is 0. The lowest BCUT2D eigenvalue weighted by molar-refractivity contribution is -0.0193. The van der Waals surface area contributed by atoms with Gasteiger partial charge in [0, 0.05) is 19.1 Å². The highest BCUT2D eigenvalue weighted by molar-refractivity contribution is 5.06. The molecule has 0 aromatic heterocycles. The fraction of sp³-hybridized carbons (Fsp3) is 0.857. The van der Waals surface area contributed by atoms with Crippen LogP contribution in [0.15, 0.2) is 0 Å². The highest BCUT2D eigenvalue weighted by Crippen LogP contribution is 2.16. The van der Waals surface area contributed by atoms with E-state index in [4.69, 9.17) is 15.3 Å². The van der Waals surface area contributed by atoms with Gasteiger partial charge >= 0.3 is 0 Å². The van der Waals surface area contributed by atoms with Crippen molar-refractivity contribution >= 4 is 0 Å². The van der Waals surface area contributed by atoms with Gasteiger partial charge in [-0.2, -0.15) is 0 Å². The van der Waals surface area contributed by atoms with Crippen molar-refractivity contribution in [1.82, 2.24) is 0 Å². The van der Waals surface area contributed by atoms with Gasteiger partial charge < -0.3 is 30.6 Å². The molecule has 0 aliphatic carbocycles. The number of rotatable bonds is 10. The molecule has 0 saturated heterocycles. The molecule has 0 radical (unpaired) electrons. The van der Waals surface area contributed by atoms with Gasteiger partial charge in [0.2, 0.25) is 0 Å². The number of aliphatic hydroxyl groups is 6. The fourth-order valence-electron chi connectivity index (χ4n) is 1.87. The maximum Gasteiger partial charge on any atom is 0.119 e. The first-order valence-electron chi connectivity index (χ1n) is 6.92. The zero-order chi connectivity index (χ0) is 15.4. The van der Waals surface area contributed by atoms with E-state index in [1.807, 2.05) is 0 Å². The van der Waals surface area contributed by atoms with Crippen molar-refractivity contribution in [2.75, 3.05) is 19.8 Å². The minimum absolute atomic E-state index is 0.0267. The normalized spacial score (nSPS) is 16.9. The standard InChI is InChI=1S/C14H26O6/c15-7-3-1-2-5-13(19)14(20)9-11(10-17)12(18)6-4-8-16/h11-20H,1-3,5,7-10H2. The minimum atomic E-state index is -1.15. The molecular weight excluding hydrogens is 264 g/mol. The number of unbranched alkanes of at least 4 members (excludes halogenated alkanes) is 2. The molecule has 0 rings (SSSR count). The lowest BCUT2D eigenvalue weighted by atomic mass is 9.92. The van der Waals surface area contributed by atoms with Crippen LogP contribution in [-0.4, -0.2) is 68.8 Å². The highest BCUT2D eigenvalue weighted by atomic mass is 16.3. The Morgan fingerprint density at radius 2 is 1.55 bits per heavy atom. The van der Waals surface area contributed by atoms with E-state index in [0.29, 0.717) is 19.3 Å². The van der Waals surface area contributed by atoms with Gasteiger partial charge in [-0.15, -0.1) is 0 Å². The third-order valence-corrected chi connectivity index (χ3v) is 3.16. The van der Waals surface area contributed by atoms with Crippen LogP contribution >= 0.6 is 0 Å². The van der Waals surface area contributed by atoms with E-state index in [1.54, 1.807) is 0 Å². The van der Waals surface area contributed by atoms with Crippen LogP contribution in [0.4, 0.5) is 0 Å². The van der Waals surface area contributed by atoms with Crippen LogP contribution < -0.4 is 0 Å². The number of hydrogen-bond donors (Lipinski definition) is 6. The molecule has 0 saturated carbocycles. The topological polar surface area (TPSA) is 121 Å². The maximum absolute atomic E-state index is 9.83. The number of aliphatic hydroxyl groups excluding tert-OH is 6. The molecule has 6 N–H and O–H groups in total. The average Bonchev–Trinajstić information content (AvgIpc) is 2.46. The summed E-state index contributed by atoms with van der Waals surface area (Å²) in [5.41, 5.74) is 0. The quantitative estimate of drug-likeness (QED) is 0.218. The third-order valence-electron chi connectivity index (χ3n) is 3.16. The molecule has 0 amide bonds. The Balaban J connectivity index is 4.15. The molecule has 4 unspecified atom stereocenters. The van der Waals surface area contributed by atoms with Gasteiger partial charge in [-0.05, 0) is 19.3 Å². The summed E-state index contributed by atoms with van der Waals surface area (Å²) in [7, 11) is 0. The first-order valence-corrected chi connectivity index (χ1v) is 6.92. The molecule has 0 aliphatic heterocycles. The summed E-state index contributed by atoms with van der Waals surface area (Å²) in [4.78, 5) is 0. The van der Waals surface area contributed by atoms with E-state index in [9.17, 15) is 15.3 Å². The van der Waals surface area contributed by atoms with Crippen LogP contribution in [0, 0.1) is 17.8 Å². The van der Waals surface area contributed by atoms with Crippen LogP contribution in [0.25, 0.3) is 0 Å². The molecule has 6 nitrogen and oxygen atoms in total. The van der Waals surface area contributed by atoms with E-state index in [1.165, 1.54) is 0 Å². The van der Waals surface area contributed by atoms with Crippen molar-refractivity contribution in [2.24, 2.45) is 5.92 Å². The smallest absolute Gasteiger partial charge is 0.119 e. The summed E-state index contributed by atoms with van der Waals surface area (Å²) in [6.45, 7) is -0.637. The average molecular weight is 290 g/mol. The SMILES string of the molecule is OCC#CC(O)C(CO)CC(O)C(O)CCCCCO. The zero-order valence-electron chi connectivity index (χ0n) is 11.6. The zero-order valence-corrected chi connectivity index (χ0v) is 11.6. The summed E-state index contributed by atoms with van der Waals surface area (Å²) >= 11 is 0. The summed E-state index contributed by atoms with van der Waals surface area (Å²) in [6.07, 6.45) is -0.575. The summed E-state index contributed by atoms with van der Waals surface area (Å²) in [5.74, 6) is 3.98. The van der Waals surface area contributed by atoms with Crippen molar-refractivity contribution in [1.29, 1.82) is 0 Å². The lowest BCUT2D eigenvalue weighted by Gasteiger charge is -2.23. The van der Waals surface area contributed by atoms with E-state index in [2.05, 4.69) is 11.8 Å². The van der Waals surface area contributed by atoms with Crippen molar-refractivity contribution < 1.29 is 30.6 Å². The van der Waals surface area contributed by atoms with Crippen LogP contribution in [0.3, 0.4) is 0 Å². The Morgan fingerprint density at radius 3 is 2.10 bits per heavy atom. The number of hydrogen-bond acceptors (Lipinski definition) is 6.